The summed E-state index contributed by atoms with van der Waals surface area (Å²) in [4.78, 5) is 32.5. The van der Waals surface area contributed by atoms with E-state index < -0.39 is 0 Å². The molecule has 3 heterocycles. The maximum atomic E-state index is 11.5. The summed E-state index contributed by atoms with van der Waals surface area (Å²) in [7, 11) is 0. The number of para-hydroxylation sites is 6. The van der Waals surface area contributed by atoms with Gasteiger partial charge >= 0.3 is 11.4 Å². The van der Waals surface area contributed by atoms with Crippen LogP contribution in [0.5, 0.6) is 6.01 Å². The molecule has 0 radical (unpaired) electrons. The summed E-state index contributed by atoms with van der Waals surface area (Å²) in [6.45, 7) is 12.0. The fourth-order valence-corrected chi connectivity index (χ4v) is 4.70. The lowest BCUT2D eigenvalue weighted by Crippen LogP contribution is -2.18. The van der Waals surface area contributed by atoms with Gasteiger partial charge in [-0.1, -0.05) is 43.8 Å². The molecule has 0 saturated carbocycles. The van der Waals surface area contributed by atoms with Gasteiger partial charge in [-0.2, -0.15) is 0 Å². The van der Waals surface area contributed by atoms with E-state index in [2.05, 4.69) is 15.0 Å². The lowest BCUT2D eigenvalue weighted by Gasteiger charge is -2.14. The van der Waals surface area contributed by atoms with Crippen molar-refractivity contribution < 1.29 is 5.11 Å². The number of H-pyrrole nitrogens is 2. The van der Waals surface area contributed by atoms with Gasteiger partial charge in [0.05, 0.1) is 39.1 Å². The lowest BCUT2D eigenvalue weighted by molar-refractivity contribution is -0.285. The number of rotatable bonds is 3. The van der Waals surface area contributed by atoms with Crippen LogP contribution in [0.3, 0.4) is 0 Å². The number of nitrogens with zero attached hydrogens (tertiary/aromatic N) is 4. The van der Waals surface area contributed by atoms with Crippen LogP contribution in [0.25, 0.3) is 33.1 Å². The Balaban J connectivity index is 0.000000163. The second kappa shape index (κ2) is 12.5. The molecule has 0 aliphatic carbocycles. The van der Waals surface area contributed by atoms with E-state index in [1.54, 1.807) is 13.7 Å². The molecule has 0 spiro atoms. The number of hydrogen-bond acceptors (Lipinski definition) is 4. The van der Waals surface area contributed by atoms with Crippen LogP contribution in [0.15, 0.2) is 82.4 Å². The van der Waals surface area contributed by atoms with Crippen molar-refractivity contribution in [1.82, 2.24) is 28.7 Å². The van der Waals surface area contributed by atoms with Crippen LogP contribution in [0.4, 0.5) is 0 Å². The van der Waals surface area contributed by atoms with Crippen molar-refractivity contribution in [3.63, 3.8) is 0 Å². The summed E-state index contributed by atoms with van der Waals surface area (Å²) >= 11 is 0. The van der Waals surface area contributed by atoms with Gasteiger partial charge in [0, 0.05) is 18.1 Å². The fraction of sp³-hybridized carbons (Fsp3) is 0.323. The monoisotopic (exact) mass is 543 g/mol. The van der Waals surface area contributed by atoms with E-state index in [0.29, 0.717) is 0 Å². The van der Waals surface area contributed by atoms with Crippen molar-refractivity contribution in [2.24, 2.45) is 0 Å². The zero-order chi connectivity index (χ0) is 28.3. The Kier molecular flexibility index (Phi) is 9.42. The van der Waals surface area contributed by atoms with Crippen LogP contribution in [0, 0.1) is 0 Å². The Bertz CT molecular complexity index is 1720. The molecule has 40 heavy (non-hydrogen) atoms. The molecule has 0 amide bonds. The molecule has 0 aliphatic rings. The predicted molar refractivity (Wildman–Crippen MR) is 162 cm³/mol. The Morgan fingerprint density at radius 2 is 0.975 bits per heavy atom. The van der Waals surface area contributed by atoms with E-state index in [-0.39, 0.29) is 42.9 Å². The van der Waals surface area contributed by atoms with Crippen molar-refractivity contribution >= 4 is 33.1 Å². The highest BCUT2D eigenvalue weighted by molar-refractivity contribution is 5.77. The lowest BCUT2D eigenvalue weighted by atomic mass is 10.3. The first-order chi connectivity index (χ1) is 18.6. The van der Waals surface area contributed by atoms with Gasteiger partial charge in [-0.25, -0.2) is 14.6 Å². The minimum Gasteiger partial charge on any atom is -0.846 e. The topological polar surface area (TPSA) is 116 Å². The quantitative estimate of drug-likeness (QED) is 0.278. The number of imidazole rings is 3. The van der Waals surface area contributed by atoms with Crippen molar-refractivity contribution in [1.29, 1.82) is 0 Å². The molecule has 0 fully saturated rings. The van der Waals surface area contributed by atoms with Gasteiger partial charge < -0.3 is 19.6 Å². The third-order valence-corrected chi connectivity index (χ3v) is 6.36. The molecule has 2 N–H and O–H groups in total. The van der Waals surface area contributed by atoms with Crippen LogP contribution in [0.2, 0.25) is 0 Å². The average Bonchev–Trinajstić information content (AvgIpc) is 3.52. The Labute approximate surface area is 233 Å². The number of nitrogens with one attached hydrogen (secondary N) is 2. The molecule has 6 rings (SSSR count). The highest BCUT2D eigenvalue weighted by Gasteiger charge is 2.09. The standard InChI is InChI=1S/3C10H12N2O.CH4/c3*1-7(2)12-9-6-4-3-5-8(9)11-10(12)13;/h3*3-7H,1-2H3,(H,11,13);1H4/p-1. The number of benzene rings is 3. The third kappa shape index (κ3) is 6.03. The second-order valence-corrected chi connectivity index (χ2v) is 10.2. The smallest absolute Gasteiger partial charge is 0.326 e. The molecule has 0 bridgehead atoms. The molecule has 6 aromatic rings. The molecular formula is C31H39N6O3-. The second-order valence-electron chi connectivity index (χ2n) is 10.2. The fourth-order valence-electron chi connectivity index (χ4n) is 4.70. The summed E-state index contributed by atoms with van der Waals surface area (Å²) in [6.07, 6.45) is 0. The molecule has 3 aromatic carbocycles. The molecule has 212 valence electrons. The first-order valence-corrected chi connectivity index (χ1v) is 13.1. The zero-order valence-corrected chi connectivity index (χ0v) is 23.2. The van der Waals surface area contributed by atoms with Gasteiger partial charge in [-0.05, 0) is 77.9 Å². The first-order valence-electron chi connectivity index (χ1n) is 13.1. The van der Waals surface area contributed by atoms with E-state index in [4.69, 9.17) is 0 Å². The minimum atomic E-state index is -0.156. The molecule has 0 aliphatic heterocycles. The van der Waals surface area contributed by atoms with E-state index >= 15 is 0 Å². The van der Waals surface area contributed by atoms with Gasteiger partial charge in [-0.3, -0.25) is 9.13 Å². The predicted octanol–water partition coefficient (Wildman–Crippen LogP) is 6.15. The van der Waals surface area contributed by atoms with Crippen molar-refractivity contribution in [3.05, 3.63) is 93.8 Å². The van der Waals surface area contributed by atoms with Crippen LogP contribution >= 0.6 is 0 Å². The third-order valence-electron chi connectivity index (χ3n) is 6.36. The van der Waals surface area contributed by atoms with Crippen LogP contribution in [-0.4, -0.2) is 28.7 Å². The maximum Gasteiger partial charge on any atom is 0.326 e. The summed E-state index contributed by atoms with van der Waals surface area (Å²) in [6, 6.07) is 23.4. The average molecular weight is 544 g/mol. The largest absolute Gasteiger partial charge is 0.846 e. The van der Waals surface area contributed by atoms with E-state index in [9.17, 15) is 14.7 Å². The summed E-state index contributed by atoms with van der Waals surface area (Å²) < 4.78 is 5.22. The summed E-state index contributed by atoms with van der Waals surface area (Å²) in [5, 5.41) is 11.4. The Morgan fingerprint density at radius 1 is 0.600 bits per heavy atom. The van der Waals surface area contributed by atoms with Gasteiger partial charge in [-0.15, -0.1) is 0 Å². The van der Waals surface area contributed by atoms with Crippen molar-refractivity contribution in [2.45, 2.75) is 67.1 Å². The molecule has 9 heteroatoms. The van der Waals surface area contributed by atoms with E-state index in [1.807, 2.05) is 114 Å². The van der Waals surface area contributed by atoms with Crippen LogP contribution in [-0.2, 0) is 0 Å². The molecule has 0 unspecified atom stereocenters. The van der Waals surface area contributed by atoms with E-state index in [0.717, 1.165) is 33.1 Å². The zero-order valence-electron chi connectivity index (χ0n) is 23.2. The SMILES string of the molecule is C.CC(C)n1c(=O)[nH]c2ccccc21.CC(C)n1c(=O)[nH]c2ccccc21.CC(C)n1c([O-])nc2ccccc21. The Hall–Kier alpha value is -4.53. The number of aromatic nitrogens is 6. The molecular weight excluding hydrogens is 504 g/mol. The first kappa shape index (κ1) is 30.0. The molecule has 3 aromatic heterocycles. The number of hydrogen-bond donors (Lipinski definition) is 2. The van der Waals surface area contributed by atoms with Gasteiger partial charge in [0.1, 0.15) is 0 Å². The highest BCUT2D eigenvalue weighted by atomic mass is 16.3. The number of fused-ring (bicyclic) bond motifs is 3. The maximum absolute atomic E-state index is 11.5. The normalized spacial score (nSPS) is 11.0. The van der Waals surface area contributed by atoms with Crippen molar-refractivity contribution in [3.8, 4) is 6.01 Å². The van der Waals surface area contributed by atoms with Crippen LogP contribution in [0.1, 0.15) is 67.1 Å². The molecule has 0 atom stereocenters. The number of aromatic amines is 2. The van der Waals surface area contributed by atoms with Gasteiger partial charge in [0.2, 0.25) is 0 Å². The summed E-state index contributed by atoms with van der Waals surface area (Å²) in [5.41, 5.74) is 5.39. The van der Waals surface area contributed by atoms with Crippen LogP contribution < -0.4 is 16.5 Å². The molecule has 9 nitrogen and oxygen atoms in total. The Morgan fingerprint density at radius 3 is 1.40 bits per heavy atom. The van der Waals surface area contributed by atoms with Gasteiger partial charge in [0.15, 0.2) is 0 Å². The minimum absolute atomic E-state index is 0. The van der Waals surface area contributed by atoms with Gasteiger partial charge in [0.25, 0.3) is 0 Å². The highest BCUT2D eigenvalue weighted by Crippen LogP contribution is 2.22. The van der Waals surface area contributed by atoms with E-state index in [1.165, 1.54) is 0 Å². The van der Waals surface area contributed by atoms with Crippen molar-refractivity contribution in [2.75, 3.05) is 0 Å². The molecule has 0 saturated heterocycles. The summed E-state index contributed by atoms with van der Waals surface area (Å²) in [5.74, 6) is 0.